The van der Waals surface area contributed by atoms with Crippen molar-refractivity contribution in [2.24, 2.45) is 0 Å². The van der Waals surface area contributed by atoms with Crippen molar-refractivity contribution in [3.8, 4) is 17.2 Å². The van der Waals surface area contributed by atoms with Crippen LogP contribution in [0.5, 0.6) is 17.2 Å². The average molecular weight is 358 g/mol. The molecule has 2 N–H and O–H groups in total. The molecule has 0 aromatic heterocycles. The van der Waals surface area contributed by atoms with Gasteiger partial charge in [0.15, 0.2) is 11.5 Å². The van der Waals surface area contributed by atoms with Gasteiger partial charge in [-0.25, -0.2) is 4.79 Å². The molecule has 2 aromatic carbocycles. The van der Waals surface area contributed by atoms with E-state index >= 15 is 0 Å². The molecule has 0 heterocycles. The van der Waals surface area contributed by atoms with Gasteiger partial charge in [-0.1, -0.05) is 29.8 Å². The Bertz CT molecular complexity index is 729. The first-order valence-corrected chi connectivity index (χ1v) is 8.43. The number of nitrogens with one attached hydrogen (secondary N) is 2. The largest absolute Gasteiger partial charge is 0.496 e. The van der Waals surface area contributed by atoms with Gasteiger partial charge in [0.05, 0.1) is 21.3 Å². The fourth-order valence-electron chi connectivity index (χ4n) is 2.55. The van der Waals surface area contributed by atoms with Crippen molar-refractivity contribution in [1.82, 2.24) is 10.6 Å². The van der Waals surface area contributed by atoms with Crippen molar-refractivity contribution in [1.29, 1.82) is 0 Å². The molecule has 0 unspecified atom stereocenters. The molecule has 0 atom stereocenters. The summed E-state index contributed by atoms with van der Waals surface area (Å²) < 4.78 is 16.0. The summed E-state index contributed by atoms with van der Waals surface area (Å²) >= 11 is 0. The molecule has 2 rings (SSSR count). The van der Waals surface area contributed by atoms with Crippen molar-refractivity contribution >= 4 is 6.03 Å². The highest BCUT2D eigenvalue weighted by molar-refractivity contribution is 5.73. The number of urea groups is 1. The fraction of sp³-hybridized carbons (Fsp3) is 0.350. The molecule has 2 aromatic rings. The van der Waals surface area contributed by atoms with Gasteiger partial charge in [-0.2, -0.15) is 0 Å². The van der Waals surface area contributed by atoms with Gasteiger partial charge in [-0.15, -0.1) is 0 Å². The molecule has 2 amide bonds. The van der Waals surface area contributed by atoms with Crippen LogP contribution in [0.15, 0.2) is 36.4 Å². The van der Waals surface area contributed by atoms with E-state index in [4.69, 9.17) is 14.2 Å². The lowest BCUT2D eigenvalue weighted by atomic mass is 10.1. The maximum Gasteiger partial charge on any atom is 0.315 e. The monoisotopic (exact) mass is 358 g/mol. The predicted octanol–water partition coefficient (Wildman–Crippen LogP) is 3.06. The van der Waals surface area contributed by atoms with E-state index in [1.807, 2.05) is 37.3 Å². The van der Waals surface area contributed by atoms with Crippen LogP contribution < -0.4 is 24.8 Å². The van der Waals surface area contributed by atoms with Crippen molar-refractivity contribution in [2.45, 2.75) is 19.9 Å². The smallest absolute Gasteiger partial charge is 0.315 e. The summed E-state index contributed by atoms with van der Waals surface area (Å²) in [4.78, 5) is 12.0. The number of carbonyl (C=O) groups excluding carboxylic acids is 1. The molecule has 6 heteroatoms. The third-order valence-electron chi connectivity index (χ3n) is 4.04. The summed E-state index contributed by atoms with van der Waals surface area (Å²) in [6, 6.07) is 11.5. The Morgan fingerprint density at radius 3 is 2.12 bits per heavy atom. The minimum absolute atomic E-state index is 0.204. The topological polar surface area (TPSA) is 68.8 Å². The van der Waals surface area contributed by atoms with Crippen molar-refractivity contribution < 1.29 is 19.0 Å². The Hall–Kier alpha value is -2.89. The third-order valence-corrected chi connectivity index (χ3v) is 4.04. The lowest BCUT2D eigenvalue weighted by molar-refractivity contribution is 0.240. The van der Waals surface area contributed by atoms with Gasteiger partial charge in [-0.05, 0) is 30.5 Å². The van der Waals surface area contributed by atoms with Crippen LogP contribution in [0.4, 0.5) is 4.79 Å². The van der Waals surface area contributed by atoms with E-state index in [1.165, 1.54) is 5.56 Å². The number of carbonyl (C=O) groups is 1. The second-order valence-electron chi connectivity index (χ2n) is 5.86. The van der Waals surface area contributed by atoms with Gasteiger partial charge in [0.2, 0.25) is 0 Å². The number of ether oxygens (including phenoxy) is 3. The van der Waals surface area contributed by atoms with Gasteiger partial charge >= 0.3 is 6.03 Å². The minimum atomic E-state index is -0.204. The van der Waals surface area contributed by atoms with Crippen molar-refractivity contribution in [3.05, 3.63) is 53.1 Å². The maximum absolute atomic E-state index is 12.0. The Balaban J connectivity index is 1.86. The average Bonchev–Trinajstić information content (AvgIpc) is 2.67. The lowest BCUT2D eigenvalue weighted by Crippen LogP contribution is -2.36. The highest BCUT2D eigenvalue weighted by atomic mass is 16.5. The molecule has 6 nitrogen and oxygen atoms in total. The molecular weight excluding hydrogens is 332 g/mol. The van der Waals surface area contributed by atoms with Crippen LogP contribution in [0.1, 0.15) is 16.7 Å². The van der Waals surface area contributed by atoms with Crippen LogP contribution in [-0.4, -0.2) is 33.9 Å². The fourth-order valence-corrected chi connectivity index (χ4v) is 2.55. The first kappa shape index (κ1) is 19.4. The summed E-state index contributed by atoms with van der Waals surface area (Å²) in [5, 5.41) is 5.70. The molecule has 0 bridgehead atoms. The molecule has 0 saturated carbocycles. The standard InChI is InChI=1S/C20H26N2O4/c1-14-5-7-15(8-6-14)13-22-20(23)21-10-9-16-11-18(25-3)19(26-4)12-17(16)24-2/h5-8,11-12H,9-10,13H2,1-4H3,(H2,21,22,23). The van der Waals surface area contributed by atoms with Gasteiger partial charge in [-0.3, -0.25) is 0 Å². The molecule has 140 valence electrons. The second kappa shape index (κ2) is 9.56. The lowest BCUT2D eigenvalue weighted by Gasteiger charge is -2.14. The molecule has 0 spiro atoms. The number of amides is 2. The second-order valence-corrected chi connectivity index (χ2v) is 5.86. The van der Waals surface area contributed by atoms with Gasteiger partial charge < -0.3 is 24.8 Å². The zero-order chi connectivity index (χ0) is 18.9. The highest BCUT2D eigenvalue weighted by Gasteiger charge is 2.12. The van der Waals surface area contributed by atoms with Crippen molar-refractivity contribution in [3.63, 3.8) is 0 Å². The van der Waals surface area contributed by atoms with E-state index in [-0.39, 0.29) is 6.03 Å². The predicted molar refractivity (Wildman–Crippen MR) is 101 cm³/mol. The Morgan fingerprint density at radius 1 is 0.885 bits per heavy atom. The van der Waals surface area contributed by atoms with Gasteiger partial charge in [0, 0.05) is 19.2 Å². The van der Waals surface area contributed by atoms with Crippen LogP contribution in [0, 0.1) is 6.92 Å². The number of hydrogen-bond acceptors (Lipinski definition) is 4. The quantitative estimate of drug-likeness (QED) is 0.761. The van der Waals surface area contributed by atoms with E-state index in [0.717, 1.165) is 11.1 Å². The molecular formula is C20H26N2O4. The van der Waals surface area contributed by atoms with Crippen molar-refractivity contribution in [2.75, 3.05) is 27.9 Å². The minimum Gasteiger partial charge on any atom is -0.496 e. The Kier molecular flexibility index (Phi) is 7.14. The molecule has 0 aliphatic carbocycles. The van der Waals surface area contributed by atoms with E-state index < -0.39 is 0 Å². The summed E-state index contributed by atoms with van der Waals surface area (Å²) in [5.41, 5.74) is 3.19. The Labute approximate surface area is 154 Å². The normalized spacial score (nSPS) is 10.2. The van der Waals surface area contributed by atoms with Gasteiger partial charge in [0.1, 0.15) is 5.75 Å². The number of benzene rings is 2. The number of aryl methyl sites for hydroxylation is 1. The molecule has 0 aliphatic heterocycles. The van der Waals surface area contributed by atoms with Crippen LogP contribution in [0.25, 0.3) is 0 Å². The number of hydrogen-bond donors (Lipinski definition) is 2. The molecule has 0 saturated heterocycles. The SMILES string of the molecule is COc1cc(OC)c(OC)cc1CCNC(=O)NCc1ccc(C)cc1. The maximum atomic E-state index is 12.0. The summed E-state index contributed by atoms with van der Waals surface area (Å²) in [5.74, 6) is 1.94. The number of methoxy groups -OCH3 is 3. The van der Waals surface area contributed by atoms with Gasteiger partial charge in [0.25, 0.3) is 0 Å². The van der Waals surface area contributed by atoms with E-state index in [1.54, 1.807) is 27.4 Å². The summed E-state index contributed by atoms with van der Waals surface area (Å²) in [7, 11) is 4.77. The first-order chi connectivity index (χ1) is 12.6. The third kappa shape index (κ3) is 5.31. The van der Waals surface area contributed by atoms with Crippen LogP contribution in [0.3, 0.4) is 0 Å². The molecule has 0 fully saturated rings. The molecule has 0 radical (unpaired) electrons. The van der Waals surface area contributed by atoms with E-state index in [0.29, 0.717) is 36.8 Å². The van der Waals surface area contributed by atoms with Crippen LogP contribution >= 0.6 is 0 Å². The van der Waals surface area contributed by atoms with Crippen LogP contribution in [-0.2, 0) is 13.0 Å². The number of rotatable bonds is 8. The zero-order valence-corrected chi connectivity index (χ0v) is 15.7. The molecule has 0 aliphatic rings. The summed E-state index contributed by atoms with van der Waals surface area (Å²) in [6.45, 7) is 3.00. The zero-order valence-electron chi connectivity index (χ0n) is 15.7. The molecule has 26 heavy (non-hydrogen) atoms. The van der Waals surface area contributed by atoms with E-state index in [9.17, 15) is 4.79 Å². The van der Waals surface area contributed by atoms with Crippen LogP contribution in [0.2, 0.25) is 0 Å². The summed E-state index contributed by atoms with van der Waals surface area (Å²) in [6.07, 6.45) is 0.613. The van der Waals surface area contributed by atoms with E-state index in [2.05, 4.69) is 10.6 Å². The Morgan fingerprint density at radius 2 is 1.50 bits per heavy atom. The highest BCUT2D eigenvalue weighted by Crippen LogP contribution is 2.34. The first-order valence-electron chi connectivity index (χ1n) is 8.43.